The molecule has 9 atom stereocenters. The van der Waals surface area contributed by atoms with Crippen LogP contribution in [0.4, 0.5) is 0 Å². The highest BCUT2D eigenvalue weighted by Gasteiger charge is 2.44. The van der Waals surface area contributed by atoms with Gasteiger partial charge in [0.15, 0.2) is 6.29 Å². The maximum absolute atomic E-state index is 13.0. The van der Waals surface area contributed by atoms with E-state index in [0.29, 0.717) is 19.3 Å². The average molecular weight is 732 g/mol. The molecule has 0 aliphatic carbocycles. The molecule has 0 bridgehead atoms. The van der Waals surface area contributed by atoms with Crippen molar-refractivity contribution in [2.24, 2.45) is 0 Å². The van der Waals surface area contributed by atoms with Gasteiger partial charge in [-0.3, -0.25) is 4.79 Å². The van der Waals surface area contributed by atoms with Crippen LogP contribution in [-0.4, -0.2) is 110 Å². The number of rotatable bonds is 33. The zero-order chi connectivity index (χ0) is 37.7. The summed E-state index contributed by atoms with van der Waals surface area (Å²) < 4.78 is 11.0. The zero-order valence-electron chi connectivity index (χ0n) is 32.1. The zero-order valence-corrected chi connectivity index (χ0v) is 32.1. The number of aliphatic hydroxyl groups is 7. The Labute approximate surface area is 309 Å². The van der Waals surface area contributed by atoms with Crippen molar-refractivity contribution < 1.29 is 50.0 Å². The Balaban J connectivity index is 2.52. The van der Waals surface area contributed by atoms with E-state index in [0.717, 1.165) is 44.9 Å². The molecule has 0 aromatic rings. The van der Waals surface area contributed by atoms with Crippen molar-refractivity contribution >= 4 is 5.91 Å². The molecular weight excluding hydrogens is 654 g/mol. The number of nitrogens with one attached hydrogen (secondary N) is 1. The third-order valence-electron chi connectivity index (χ3n) is 10.1. The molecule has 0 spiro atoms. The number of carbonyl (C=O) groups is 1. The summed E-state index contributed by atoms with van der Waals surface area (Å²) in [4.78, 5) is 13.0. The molecule has 0 aromatic carbocycles. The third kappa shape index (κ3) is 22.0. The van der Waals surface area contributed by atoms with Gasteiger partial charge in [0.05, 0.1) is 25.4 Å². The average Bonchev–Trinajstić information content (AvgIpc) is 3.13. The van der Waals surface area contributed by atoms with E-state index in [-0.39, 0.29) is 6.42 Å². The van der Waals surface area contributed by atoms with Gasteiger partial charge < -0.3 is 50.5 Å². The molecule has 1 rings (SSSR count). The fourth-order valence-corrected chi connectivity index (χ4v) is 6.54. The summed E-state index contributed by atoms with van der Waals surface area (Å²) in [5, 5.41) is 75.2. The Morgan fingerprint density at radius 3 is 1.71 bits per heavy atom. The van der Waals surface area contributed by atoms with Gasteiger partial charge in [0.25, 0.3) is 0 Å². The molecule has 0 aromatic heterocycles. The predicted molar refractivity (Wildman–Crippen MR) is 201 cm³/mol. The van der Waals surface area contributed by atoms with Gasteiger partial charge in [0.1, 0.15) is 36.6 Å². The largest absolute Gasteiger partial charge is 0.394 e. The molecule has 1 fully saturated rings. The number of allylic oxidation sites excluding steroid dienone is 2. The van der Waals surface area contributed by atoms with E-state index >= 15 is 0 Å². The molecule has 11 heteroatoms. The van der Waals surface area contributed by atoms with E-state index in [1.807, 2.05) is 0 Å². The van der Waals surface area contributed by atoms with Gasteiger partial charge in [-0.1, -0.05) is 148 Å². The molecule has 51 heavy (non-hydrogen) atoms. The highest BCUT2D eigenvalue weighted by Crippen LogP contribution is 2.23. The quantitative estimate of drug-likeness (QED) is 0.0324. The van der Waals surface area contributed by atoms with Gasteiger partial charge in [-0.25, -0.2) is 0 Å². The van der Waals surface area contributed by atoms with Crippen LogP contribution in [0.2, 0.25) is 0 Å². The number of hydrogen-bond acceptors (Lipinski definition) is 10. The van der Waals surface area contributed by atoms with Crippen LogP contribution in [0, 0.1) is 0 Å². The van der Waals surface area contributed by atoms with Crippen LogP contribution < -0.4 is 5.32 Å². The lowest BCUT2D eigenvalue weighted by Crippen LogP contribution is -2.60. The van der Waals surface area contributed by atoms with Crippen LogP contribution >= 0.6 is 0 Å². The topological polar surface area (TPSA) is 189 Å². The standard InChI is InChI=1S/C40H77NO10/c1-3-5-7-9-11-13-14-15-16-17-18-20-21-23-25-27-32(43)35(45)31(30-50-40-38(48)37(47)36(46)34(29-42)51-40)41-39(49)33(44)28-26-24-22-19-12-10-8-6-4-2/h10,12,31-38,40,42-48H,3-9,11,13-30H2,1-2H3,(H,41,49)/b12-10-. The Bertz CT molecular complexity index is 846. The normalized spacial score (nSPS) is 23.4. The molecule has 11 nitrogen and oxygen atoms in total. The second kappa shape index (κ2) is 31.2. The van der Waals surface area contributed by atoms with Crippen molar-refractivity contribution in [1.29, 1.82) is 0 Å². The maximum atomic E-state index is 13.0. The predicted octanol–water partition coefficient (Wildman–Crippen LogP) is 5.33. The van der Waals surface area contributed by atoms with Gasteiger partial charge in [-0.2, -0.15) is 0 Å². The molecule has 9 unspecified atom stereocenters. The van der Waals surface area contributed by atoms with Crippen molar-refractivity contribution in [2.45, 2.75) is 223 Å². The summed E-state index contributed by atoms with van der Waals surface area (Å²) in [6.07, 6.45) is 18.5. The first-order valence-corrected chi connectivity index (χ1v) is 20.6. The first-order valence-electron chi connectivity index (χ1n) is 20.6. The maximum Gasteiger partial charge on any atom is 0.249 e. The van der Waals surface area contributed by atoms with E-state index in [1.165, 1.54) is 83.5 Å². The molecule has 8 N–H and O–H groups in total. The van der Waals surface area contributed by atoms with E-state index in [9.17, 15) is 40.5 Å². The van der Waals surface area contributed by atoms with Gasteiger partial charge >= 0.3 is 0 Å². The molecule has 1 aliphatic rings. The summed E-state index contributed by atoms with van der Waals surface area (Å²) in [6, 6.07) is -1.17. The molecule has 1 saturated heterocycles. The van der Waals surface area contributed by atoms with Crippen LogP contribution in [0.5, 0.6) is 0 Å². The minimum Gasteiger partial charge on any atom is -0.394 e. The minimum absolute atomic E-state index is 0.240. The second-order valence-electron chi connectivity index (χ2n) is 14.7. The van der Waals surface area contributed by atoms with Crippen molar-refractivity contribution in [3.63, 3.8) is 0 Å². The number of ether oxygens (including phenoxy) is 2. The Morgan fingerprint density at radius 1 is 0.667 bits per heavy atom. The van der Waals surface area contributed by atoms with Crippen LogP contribution in [0.15, 0.2) is 12.2 Å². The van der Waals surface area contributed by atoms with Gasteiger partial charge in [0, 0.05) is 0 Å². The molecule has 0 radical (unpaired) electrons. The second-order valence-corrected chi connectivity index (χ2v) is 14.7. The van der Waals surface area contributed by atoms with Gasteiger partial charge in [-0.05, 0) is 32.1 Å². The van der Waals surface area contributed by atoms with Crippen LogP contribution in [-0.2, 0) is 14.3 Å². The summed E-state index contributed by atoms with van der Waals surface area (Å²) in [6.45, 7) is 3.35. The van der Waals surface area contributed by atoms with Crippen molar-refractivity contribution in [3.8, 4) is 0 Å². The first-order chi connectivity index (χ1) is 24.7. The van der Waals surface area contributed by atoms with Gasteiger partial charge in [-0.15, -0.1) is 0 Å². The number of amides is 1. The fraction of sp³-hybridized carbons (Fsp3) is 0.925. The first kappa shape index (κ1) is 47.9. The van der Waals surface area contributed by atoms with Crippen molar-refractivity contribution in [3.05, 3.63) is 12.2 Å². The molecule has 1 heterocycles. The fourth-order valence-electron chi connectivity index (χ4n) is 6.54. The summed E-state index contributed by atoms with van der Waals surface area (Å²) >= 11 is 0. The van der Waals surface area contributed by atoms with E-state index in [2.05, 4.69) is 31.3 Å². The highest BCUT2D eigenvalue weighted by molar-refractivity contribution is 5.80. The highest BCUT2D eigenvalue weighted by atomic mass is 16.7. The lowest BCUT2D eigenvalue weighted by atomic mass is 9.98. The SMILES string of the molecule is CCCC/C=C\CCCCCC(O)C(=O)NC(COC1OC(CO)C(O)C(O)C1O)C(O)C(O)CCCCCCCCCCCCCCCCC. The molecule has 1 aliphatic heterocycles. The summed E-state index contributed by atoms with van der Waals surface area (Å²) in [7, 11) is 0. The van der Waals surface area contributed by atoms with Crippen molar-refractivity contribution in [1.82, 2.24) is 5.32 Å². The summed E-state index contributed by atoms with van der Waals surface area (Å²) in [5.41, 5.74) is 0. The third-order valence-corrected chi connectivity index (χ3v) is 10.1. The van der Waals surface area contributed by atoms with Crippen LogP contribution in [0.3, 0.4) is 0 Å². The molecule has 302 valence electrons. The number of hydrogen-bond donors (Lipinski definition) is 8. The molecule has 0 saturated carbocycles. The monoisotopic (exact) mass is 732 g/mol. The smallest absolute Gasteiger partial charge is 0.249 e. The Hall–Kier alpha value is -1.15. The summed E-state index contributed by atoms with van der Waals surface area (Å²) in [5.74, 6) is -0.713. The van der Waals surface area contributed by atoms with Crippen LogP contribution in [0.1, 0.15) is 168 Å². The van der Waals surface area contributed by atoms with Crippen LogP contribution in [0.25, 0.3) is 0 Å². The number of carbonyl (C=O) groups excluding carboxylic acids is 1. The number of aliphatic hydroxyl groups excluding tert-OH is 7. The molecule has 1 amide bonds. The molecular formula is C40H77NO10. The van der Waals surface area contributed by atoms with E-state index in [4.69, 9.17) is 9.47 Å². The minimum atomic E-state index is -1.66. The van der Waals surface area contributed by atoms with Gasteiger partial charge in [0.2, 0.25) is 5.91 Å². The van der Waals surface area contributed by atoms with E-state index in [1.54, 1.807) is 0 Å². The van der Waals surface area contributed by atoms with E-state index < -0.39 is 74.2 Å². The van der Waals surface area contributed by atoms with Crippen molar-refractivity contribution in [2.75, 3.05) is 13.2 Å². The number of unbranched alkanes of at least 4 members (excludes halogenated alkanes) is 19. The Kier molecular flexibility index (Phi) is 29.3. The Morgan fingerprint density at radius 2 is 1.16 bits per heavy atom. The lowest BCUT2D eigenvalue weighted by Gasteiger charge is -2.40. The lowest BCUT2D eigenvalue weighted by molar-refractivity contribution is -0.303.